The van der Waals surface area contributed by atoms with E-state index in [0.29, 0.717) is 44.8 Å². The van der Waals surface area contributed by atoms with Crippen LogP contribution in [0.5, 0.6) is 11.5 Å². The lowest BCUT2D eigenvalue weighted by Gasteiger charge is -2.19. The van der Waals surface area contributed by atoms with Crippen molar-refractivity contribution in [3.8, 4) is 11.5 Å². The lowest BCUT2D eigenvalue weighted by molar-refractivity contribution is 0.0954. The van der Waals surface area contributed by atoms with Crippen LogP contribution in [0.2, 0.25) is 0 Å². The topological polar surface area (TPSA) is 84.9 Å². The zero-order valence-electron chi connectivity index (χ0n) is 16.1. The van der Waals surface area contributed by atoms with E-state index >= 15 is 0 Å². The molecule has 154 valence electrons. The van der Waals surface area contributed by atoms with Gasteiger partial charge in [-0.15, -0.1) is 0 Å². The fraction of sp³-hybridized carbons (Fsp3) is 0.381. The summed E-state index contributed by atoms with van der Waals surface area (Å²) in [7, 11) is -3.54. The van der Waals surface area contributed by atoms with Crippen LogP contribution in [0.4, 0.5) is 0 Å². The minimum absolute atomic E-state index is 0.166. The van der Waals surface area contributed by atoms with Crippen molar-refractivity contribution in [2.24, 2.45) is 0 Å². The van der Waals surface area contributed by atoms with E-state index < -0.39 is 10.0 Å². The second-order valence-electron chi connectivity index (χ2n) is 7.12. The zero-order chi connectivity index (χ0) is 20.3. The smallest absolute Gasteiger partial charge is 0.251 e. The highest BCUT2D eigenvalue weighted by Crippen LogP contribution is 2.30. The first-order valence-corrected chi connectivity index (χ1v) is 11.2. The molecule has 2 aromatic carbocycles. The largest absolute Gasteiger partial charge is 0.486 e. The summed E-state index contributed by atoms with van der Waals surface area (Å²) in [4.78, 5) is 12.7. The highest BCUT2D eigenvalue weighted by Gasteiger charge is 2.27. The van der Waals surface area contributed by atoms with Gasteiger partial charge in [-0.1, -0.05) is 12.1 Å². The molecule has 1 N–H and O–H groups in total. The van der Waals surface area contributed by atoms with Crippen LogP contribution < -0.4 is 14.8 Å². The summed E-state index contributed by atoms with van der Waals surface area (Å²) >= 11 is 0. The summed E-state index contributed by atoms with van der Waals surface area (Å²) in [5, 5.41) is 2.86. The van der Waals surface area contributed by atoms with Crippen molar-refractivity contribution < 1.29 is 22.7 Å². The lowest BCUT2D eigenvalue weighted by Crippen LogP contribution is -2.29. The van der Waals surface area contributed by atoms with Gasteiger partial charge in [0.1, 0.15) is 13.2 Å². The Labute approximate surface area is 170 Å². The number of fused-ring (bicyclic) bond motifs is 1. The third-order valence-electron chi connectivity index (χ3n) is 5.10. The standard InChI is InChI=1S/C21H24N2O5S/c24-21(22-9-8-16-6-7-19-20(14-16)28-13-12-27-19)17-4-3-5-18(15-17)29(25,26)23-10-1-2-11-23/h3-7,14-15H,1-2,8-13H2,(H,22,24). The fourth-order valence-electron chi connectivity index (χ4n) is 3.54. The molecule has 0 unspecified atom stereocenters. The van der Waals surface area contributed by atoms with Crippen molar-refractivity contribution >= 4 is 15.9 Å². The summed E-state index contributed by atoms with van der Waals surface area (Å²) in [5.74, 6) is 1.17. The second-order valence-corrected chi connectivity index (χ2v) is 9.06. The van der Waals surface area contributed by atoms with Gasteiger partial charge in [0.25, 0.3) is 5.91 Å². The van der Waals surface area contributed by atoms with Crippen LogP contribution in [0, 0.1) is 0 Å². The number of nitrogens with zero attached hydrogens (tertiary/aromatic N) is 1. The number of hydrogen-bond donors (Lipinski definition) is 1. The average Bonchev–Trinajstić information content (AvgIpc) is 3.29. The van der Waals surface area contributed by atoms with E-state index in [2.05, 4.69) is 5.32 Å². The predicted molar refractivity (Wildman–Crippen MR) is 108 cm³/mol. The van der Waals surface area contributed by atoms with Crippen molar-refractivity contribution in [3.63, 3.8) is 0 Å². The van der Waals surface area contributed by atoms with Crippen LogP contribution in [0.1, 0.15) is 28.8 Å². The Bertz CT molecular complexity index is 1000. The molecular weight excluding hydrogens is 392 g/mol. The van der Waals surface area contributed by atoms with Crippen molar-refractivity contribution in [2.75, 3.05) is 32.8 Å². The van der Waals surface area contributed by atoms with Gasteiger partial charge < -0.3 is 14.8 Å². The van der Waals surface area contributed by atoms with Crippen LogP contribution in [0.25, 0.3) is 0 Å². The molecule has 0 aliphatic carbocycles. The lowest BCUT2D eigenvalue weighted by atomic mass is 10.1. The second kappa shape index (κ2) is 8.42. The molecule has 1 fully saturated rings. The summed E-state index contributed by atoms with van der Waals surface area (Å²) < 4.78 is 38.0. The number of nitrogens with one attached hydrogen (secondary N) is 1. The van der Waals surface area contributed by atoms with Gasteiger partial charge in [-0.3, -0.25) is 4.79 Å². The number of amides is 1. The molecule has 0 saturated carbocycles. The van der Waals surface area contributed by atoms with Crippen molar-refractivity contribution in [1.29, 1.82) is 0 Å². The summed E-state index contributed by atoms with van der Waals surface area (Å²) in [6.45, 7) is 2.59. The highest BCUT2D eigenvalue weighted by molar-refractivity contribution is 7.89. The van der Waals surface area contributed by atoms with Gasteiger partial charge in [0, 0.05) is 25.2 Å². The van der Waals surface area contributed by atoms with Crippen molar-refractivity contribution in [3.05, 3.63) is 53.6 Å². The number of carbonyl (C=O) groups is 1. The van der Waals surface area contributed by atoms with E-state index in [0.717, 1.165) is 29.9 Å². The third-order valence-corrected chi connectivity index (χ3v) is 7.00. The van der Waals surface area contributed by atoms with Gasteiger partial charge in [0.15, 0.2) is 11.5 Å². The Hall–Kier alpha value is -2.58. The van der Waals surface area contributed by atoms with Gasteiger partial charge in [-0.25, -0.2) is 8.42 Å². The molecule has 0 atom stereocenters. The average molecular weight is 416 g/mol. The van der Waals surface area contributed by atoms with E-state index in [1.54, 1.807) is 18.2 Å². The molecule has 2 aromatic rings. The Balaban J connectivity index is 1.38. The molecule has 4 rings (SSSR count). The van der Waals surface area contributed by atoms with Crippen LogP contribution in [-0.4, -0.2) is 51.5 Å². The molecule has 0 spiro atoms. The molecule has 0 aromatic heterocycles. The van der Waals surface area contributed by atoms with Crippen LogP contribution in [0.15, 0.2) is 47.4 Å². The first-order chi connectivity index (χ1) is 14.0. The number of carbonyl (C=O) groups excluding carboxylic acids is 1. The molecule has 29 heavy (non-hydrogen) atoms. The first kappa shape index (κ1) is 19.7. The maximum atomic E-state index is 12.7. The van der Waals surface area contributed by atoms with Gasteiger partial charge in [0.05, 0.1) is 4.90 Å². The van der Waals surface area contributed by atoms with E-state index in [4.69, 9.17) is 9.47 Å². The van der Waals surface area contributed by atoms with Gasteiger partial charge in [-0.2, -0.15) is 4.31 Å². The highest BCUT2D eigenvalue weighted by atomic mass is 32.2. The van der Waals surface area contributed by atoms with Crippen LogP contribution in [0.3, 0.4) is 0 Å². The van der Waals surface area contributed by atoms with E-state index in [9.17, 15) is 13.2 Å². The number of ether oxygens (including phenoxy) is 2. The number of sulfonamides is 1. The molecule has 1 amide bonds. The zero-order valence-corrected chi connectivity index (χ0v) is 16.9. The van der Waals surface area contributed by atoms with Crippen molar-refractivity contribution in [2.45, 2.75) is 24.2 Å². The molecule has 2 aliphatic rings. The third kappa shape index (κ3) is 4.38. The Morgan fingerprint density at radius 2 is 1.76 bits per heavy atom. The maximum absolute atomic E-state index is 12.7. The number of rotatable bonds is 6. The molecule has 1 saturated heterocycles. The molecule has 0 bridgehead atoms. The normalized spacial score (nSPS) is 16.6. The monoisotopic (exact) mass is 416 g/mol. The Morgan fingerprint density at radius 1 is 1.00 bits per heavy atom. The van der Waals surface area contributed by atoms with Gasteiger partial charge in [-0.05, 0) is 55.2 Å². The van der Waals surface area contributed by atoms with E-state index in [1.165, 1.54) is 10.4 Å². The quantitative estimate of drug-likeness (QED) is 0.781. The molecular formula is C21H24N2O5S. The molecule has 8 heteroatoms. The van der Waals surface area contributed by atoms with Gasteiger partial charge >= 0.3 is 0 Å². The summed E-state index contributed by atoms with van der Waals surface area (Å²) in [5.41, 5.74) is 1.37. The number of hydrogen-bond acceptors (Lipinski definition) is 5. The Kier molecular flexibility index (Phi) is 5.73. The van der Waals surface area contributed by atoms with E-state index in [-0.39, 0.29) is 10.8 Å². The molecule has 0 radical (unpaired) electrons. The summed E-state index contributed by atoms with van der Waals surface area (Å²) in [6.07, 6.45) is 2.38. The molecule has 7 nitrogen and oxygen atoms in total. The minimum atomic E-state index is -3.54. The molecule has 2 heterocycles. The summed E-state index contributed by atoms with van der Waals surface area (Å²) in [6, 6.07) is 12.0. The fourth-order valence-corrected chi connectivity index (χ4v) is 5.10. The molecule has 2 aliphatic heterocycles. The Morgan fingerprint density at radius 3 is 2.55 bits per heavy atom. The SMILES string of the molecule is O=C(NCCc1ccc2c(c1)OCCO2)c1cccc(S(=O)(=O)N2CCCC2)c1. The van der Waals surface area contributed by atoms with Crippen molar-refractivity contribution in [1.82, 2.24) is 9.62 Å². The number of benzene rings is 2. The maximum Gasteiger partial charge on any atom is 0.251 e. The van der Waals surface area contributed by atoms with E-state index in [1.807, 2.05) is 18.2 Å². The predicted octanol–water partition coefficient (Wildman–Crippen LogP) is 2.21. The first-order valence-electron chi connectivity index (χ1n) is 9.81. The van der Waals surface area contributed by atoms with Crippen LogP contribution >= 0.6 is 0 Å². The van der Waals surface area contributed by atoms with Crippen LogP contribution in [-0.2, 0) is 16.4 Å². The van der Waals surface area contributed by atoms with Gasteiger partial charge in [0.2, 0.25) is 10.0 Å². The minimum Gasteiger partial charge on any atom is -0.486 e.